The van der Waals surface area contributed by atoms with Gasteiger partial charge in [-0.2, -0.15) is 0 Å². The molecular formula is C15H30N2O3S. The van der Waals surface area contributed by atoms with E-state index in [-0.39, 0.29) is 29.4 Å². The minimum atomic E-state index is -2.98. The van der Waals surface area contributed by atoms with Gasteiger partial charge in [-0.25, -0.2) is 8.42 Å². The SMILES string of the molecule is CCCCN(C(=O)C(CN)CC(C)C)C1CCS(=O)(=O)C1. The molecule has 0 aromatic heterocycles. The standard InChI is InChI=1S/C15H30N2O3S/c1-4-5-7-17(14-6-8-21(19,20)11-14)15(18)13(10-16)9-12(2)3/h12-14H,4-11,16H2,1-3H3. The molecule has 1 rings (SSSR count). The zero-order chi connectivity index (χ0) is 16.0. The number of unbranched alkanes of at least 4 members (excludes halogenated alkanes) is 1. The summed E-state index contributed by atoms with van der Waals surface area (Å²) >= 11 is 0. The summed E-state index contributed by atoms with van der Waals surface area (Å²) in [5.74, 6) is 0.571. The van der Waals surface area contributed by atoms with E-state index < -0.39 is 9.84 Å². The van der Waals surface area contributed by atoms with Gasteiger partial charge in [0.1, 0.15) is 0 Å². The molecule has 124 valence electrons. The number of nitrogens with zero attached hydrogens (tertiary/aromatic N) is 1. The van der Waals surface area contributed by atoms with Gasteiger partial charge >= 0.3 is 0 Å². The molecule has 1 aliphatic heterocycles. The highest BCUT2D eigenvalue weighted by atomic mass is 32.2. The second-order valence-corrected chi connectivity index (χ2v) is 8.73. The topological polar surface area (TPSA) is 80.5 Å². The average molecular weight is 318 g/mol. The van der Waals surface area contributed by atoms with Crippen LogP contribution in [0.25, 0.3) is 0 Å². The molecule has 5 nitrogen and oxygen atoms in total. The van der Waals surface area contributed by atoms with Crippen molar-refractivity contribution in [2.75, 3.05) is 24.6 Å². The van der Waals surface area contributed by atoms with E-state index in [0.29, 0.717) is 25.4 Å². The molecule has 0 aromatic rings. The van der Waals surface area contributed by atoms with Crippen LogP contribution in [-0.2, 0) is 14.6 Å². The zero-order valence-corrected chi connectivity index (χ0v) is 14.4. The molecule has 21 heavy (non-hydrogen) atoms. The summed E-state index contributed by atoms with van der Waals surface area (Å²) in [7, 11) is -2.98. The number of rotatable bonds is 8. The van der Waals surface area contributed by atoms with E-state index >= 15 is 0 Å². The lowest BCUT2D eigenvalue weighted by Crippen LogP contribution is -2.46. The van der Waals surface area contributed by atoms with Crippen molar-refractivity contribution in [1.29, 1.82) is 0 Å². The Labute approximate surface area is 129 Å². The Bertz CT molecular complexity index is 434. The van der Waals surface area contributed by atoms with Crippen molar-refractivity contribution in [1.82, 2.24) is 4.90 Å². The van der Waals surface area contributed by atoms with E-state index in [1.54, 1.807) is 4.90 Å². The fraction of sp³-hybridized carbons (Fsp3) is 0.933. The van der Waals surface area contributed by atoms with Crippen molar-refractivity contribution in [3.8, 4) is 0 Å². The maximum atomic E-state index is 12.8. The van der Waals surface area contributed by atoms with Crippen molar-refractivity contribution in [3.63, 3.8) is 0 Å². The number of hydrogen-bond donors (Lipinski definition) is 1. The van der Waals surface area contributed by atoms with Gasteiger partial charge in [0.2, 0.25) is 5.91 Å². The van der Waals surface area contributed by atoms with Crippen LogP contribution in [0.3, 0.4) is 0 Å². The fourth-order valence-electron chi connectivity index (χ4n) is 2.92. The molecular weight excluding hydrogens is 288 g/mol. The summed E-state index contributed by atoms with van der Waals surface area (Å²) in [5.41, 5.74) is 5.77. The van der Waals surface area contributed by atoms with Gasteiger partial charge in [-0.3, -0.25) is 4.79 Å². The van der Waals surface area contributed by atoms with E-state index in [1.807, 2.05) is 0 Å². The number of amides is 1. The molecule has 0 saturated carbocycles. The Morgan fingerprint density at radius 1 is 1.38 bits per heavy atom. The van der Waals surface area contributed by atoms with Gasteiger partial charge in [0.15, 0.2) is 9.84 Å². The summed E-state index contributed by atoms with van der Waals surface area (Å²) < 4.78 is 23.4. The molecule has 1 saturated heterocycles. The van der Waals surface area contributed by atoms with Crippen LogP contribution in [0.1, 0.15) is 46.5 Å². The first-order valence-corrected chi connectivity index (χ1v) is 9.83. The van der Waals surface area contributed by atoms with Crippen LogP contribution < -0.4 is 5.73 Å². The maximum Gasteiger partial charge on any atom is 0.227 e. The number of hydrogen-bond acceptors (Lipinski definition) is 4. The van der Waals surface area contributed by atoms with Gasteiger partial charge < -0.3 is 10.6 Å². The van der Waals surface area contributed by atoms with Crippen LogP contribution in [0.15, 0.2) is 0 Å². The minimum Gasteiger partial charge on any atom is -0.338 e. The molecule has 0 spiro atoms. The zero-order valence-electron chi connectivity index (χ0n) is 13.5. The highest BCUT2D eigenvalue weighted by Gasteiger charge is 2.36. The molecule has 0 radical (unpaired) electrons. The summed E-state index contributed by atoms with van der Waals surface area (Å²) in [6, 6.07) is -0.157. The molecule has 2 atom stereocenters. The molecule has 2 unspecified atom stereocenters. The van der Waals surface area contributed by atoms with Crippen LogP contribution >= 0.6 is 0 Å². The van der Waals surface area contributed by atoms with Crippen molar-refractivity contribution in [2.24, 2.45) is 17.6 Å². The van der Waals surface area contributed by atoms with Gasteiger partial charge in [0, 0.05) is 19.1 Å². The first-order chi connectivity index (χ1) is 9.80. The Hall–Kier alpha value is -0.620. The van der Waals surface area contributed by atoms with Crippen LogP contribution in [-0.4, -0.2) is 49.9 Å². The van der Waals surface area contributed by atoms with Crippen LogP contribution in [0.2, 0.25) is 0 Å². The average Bonchev–Trinajstić information content (AvgIpc) is 2.76. The molecule has 6 heteroatoms. The lowest BCUT2D eigenvalue weighted by Gasteiger charge is -2.32. The smallest absolute Gasteiger partial charge is 0.227 e. The molecule has 1 heterocycles. The van der Waals surface area contributed by atoms with E-state index in [9.17, 15) is 13.2 Å². The minimum absolute atomic E-state index is 0.0433. The maximum absolute atomic E-state index is 12.8. The third-order valence-electron chi connectivity index (χ3n) is 4.07. The number of nitrogens with two attached hydrogens (primary N) is 1. The van der Waals surface area contributed by atoms with Crippen LogP contribution in [0, 0.1) is 11.8 Å². The largest absolute Gasteiger partial charge is 0.338 e. The molecule has 1 fully saturated rings. The normalized spacial score (nSPS) is 22.4. The van der Waals surface area contributed by atoms with Crippen LogP contribution in [0.4, 0.5) is 0 Å². The summed E-state index contributed by atoms with van der Waals surface area (Å²) in [4.78, 5) is 14.6. The van der Waals surface area contributed by atoms with E-state index in [2.05, 4.69) is 20.8 Å². The number of carbonyl (C=O) groups excluding carboxylic acids is 1. The summed E-state index contributed by atoms with van der Waals surface area (Å²) in [6.45, 7) is 7.20. The lowest BCUT2D eigenvalue weighted by atomic mass is 9.95. The number of carbonyl (C=O) groups is 1. The Morgan fingerprint density at radius 2 is 2.05 bits per heavy atom. The molecule has 1 aliphatic rings. The third kappa shape index (κ3) is 5.58. The second-order valence-electron chi connectivity index (χ2n) is 6.50. The monoisotopic (exact) mass is 318 g/mol. The fourth-order valence-corrected chi connectivity index (χ4v) is 4.65. The third-order valence-corrected chi connectivity index (χ3v) is 5.82. The van der Waals surface area contributed by atoms with E-state index in [0.717, 1.165) is 19.3 Å². The highest BCUT2D eigenvalue weighted by Crippen LogP contribution is 2.22. The Kier molecular flexibility index (Phi) is 7.13. The quantitative estimate of drug-likeness (QED) is 0.734. The Morgan fingerprint density at radius 3 is 2.48 bits per heavy atom. The van der Waals surface area contributed by atoms with Gasteiger partial charge in [-0.15, -0.1) is 0 Å². The van der Waals surface area contributed by atoms with Crippen molar-refractivity contribution in [3.05, 3.63) is 0 Å². The first-order valence-electron chi connectivity index (χ1n) is 8.01. The van der Waals surface area contributed by atoms with Gasteiger partial charge in [-0.05, 0) is 25.2 Å². The predicted octanol–water partition coefficient (Wildman–Crippen LogP) is 1.42. The summed E-state index contributed by atoms with van der Waals surface area (Å²) in [5, 5.41) is 0. The molecule has 2 N–H and O–H groups in total. The number of sulfone groups is 1. The second kappa shape index (κ2) is 8.13. The highest BCUT2D eigenvalue weighted by molar-refractivity contribution is 7.91. The van der Waals surface area contributed by atoms with Gasteiger partial charge in [0.05, 0.1) is 17.4 Å². The van der Waals surface area contributed by atoms with Gasteiger partial charge in [-0.1, -0.05) is 27.2 Å². The first kappa shape index (κ1) is 18.4. The van der Waals surface area contributed by atoms with Crippen molar-refractivity contribution < 1.29 is 13.2 Å². The van der Waals surface area contributed by atoms with Gasteiger partial charge in [0.25, 0.3) is 0 Å². The van der Waals surface area contributed by atoms with E-state index in [4.69, 9.17) is 5.73 Å². The Balaban J connectivity index is 2.83. The molecule has 0 aromatic carbocycles. The van der Waals surface area contributed by atoms with Crippen molar-refractivity contribution >= 4 is 15.7 Å². The predicted molar refractivity (Wildman–Crippen MR) is 85.7 cm³/mol. The summed E-state index contributed by atoms with van der Waals surface area (Å²) in [6.07, 6.45) is 3.22. The van der Waals surface area contributed by atoms with E-state index in [1.165, 1.54) is 0 Å². The molecule has 1 amide bonds. The van der Waals surface area contributed by atoms with Crippen LogP contribution in [0.5, 0.6) is 0 Å². The molecule has 0 aliphatic carbocycles. The van der Waals surface area contributed by atoms with Crippen molar-refractivity contribution in [2.45, 2.75) is 52.5 Å². The molecule has 0 bridgehead atoms. The lowest BCUT2D eigenvalue weighted by molar-refractivity contribution is -0.137.